The van der Waals surface area contributed by atoms with E-state index in [0.29, 0.717) is 0 Å². The summed E-state index contributed by atoms with van der Waals surface area (Å²) in [6.07, 6.45) is 5.44. The Morgan fingerprint density at radius 2 is 2.22 bits per heavy atom. The first kappa shape index (κ1) is 12.4. The topological polar surface area (TPSA) is 30.7 Å². The zero-order chi connectivity index (χ0) is 12.9. The third-order valence-corrected chi connectivity index (χ3v) is 4.44. The second-order valence-electron chi connectivity index (χ2n) is 5.27. The van der Waals surface area contributed by atoms with Gasteiger partial charge in [-0.2, -0.15) is 0 Å². The first-order chi connectivity index (χ1) is 8.51. The van der Waals surface area contributed by atoms with E-state index in [1.54, 1.807) is 0 Å². The quantitative estimate of drug-likeness (QED) is 0.765. The number of halogens is 2. The third-order valence-electron chi connectivity index (χ3n) is 3.82. The molecular formula is C13H15BrClN3. The number of imidazole rings is 1. The van der Waals surface area contributed by atoms with E-state index in [2.05, 4.69) is 37.4 Å². The highest BCUT2D eigenvalue weighted by molar-refractivity contribution is 9.10. The van der Waals surface area contributed by atoms with E-state index < -0.39 is 0 Å². The lowest BCUT2D eigenvalue weighted by Gasteiger charge is -2.41. The number of alkyl halides is 1. The van der Waals surface area contributed by atoms with E-state index in [1.165, 1.54) is 19.3 Å². The normalized spacial score (nSPS) is 19.8. The van der Waals surface area contributed by atoms with E-state index in [0.717, 1.165) is 21.5 Å². The summed E-state index contributed by atoms with van der Waals surface area (Å²) in [5.74, 6) is 0.930. The van der Waals surface area contributed by atoms with Crippen LogP contribution >= 0.6 is 27.5 Å². The highest BCUT2D eigenvalue weighted by Gasteiger charge is 2.37. The van der Waals surface area contributed by atoms with Gasteiger partial charge in [0.25, 0.3) is 0 Å². The number of nitrogens with zero attached hydrogens (tertiary/aromatic N) is 3. The summed E-state index contributed by atoms with van der Waals surface area (Å²) in [7, 11) is 0. The molecule has 0 spiro atoms. The maximum atomic E-state index is 6.28. The minimum atomic E-state index is -0.101. The summed E-state index contributed by atoms with van der Waals surface area (Å²) in [5.41, 5.74) is 2.00. The standard InChI is InChI=1S/C13H15BrClN3/c1-8(15)11-17-10-6-9(14)7-16-12(10)18(11)13(2)4-3-5-13/h6-8H,3-5H2,1-2H3. The van der Waals surface area contributed by atoms with Crippen LogP contribution in [0.25, 0.3) is 11.2 Å². The Labute approximate surface area is 120 Å². The third kappa shape index (κ3) is 1.77. The average molecular weight is 329 g/mol. The lowest BCUT2D eigenvalue weighted by Crippen LogP contribution is -2.38. The molecule has 3 rings (SSSR count). The first-order valence-corrected chi connectivity index (χ1v) is 7.43. The zero-order valence-electron chi connectivity index (χ0n) is 10.5. The summed E-state index contributed by atoms with van der Waals surface area (Å²) in [5, 5.41) is -0.101. The summed E-state index contributed by atoms with van der Waals surface area (Å²) in [6, 6.07) is 2.00. The number of pyridine rings is 1. The van der Waals surface area contributed by atoms with Gasteiger partial charge in [-0.05, 0) is 55.1 Å². The lowest BCUT2D eigenvalue weighted by molar-refractivity contribution is 0.168. The molecule has 0 N–H and O–H groups in total. The fourth-order valence-electron chi connectivity index (χ4n) is 2.67. The molecule has 1 atom stereocenters. The van der Waals surface area contributed by atoms with Gasteiger partial charge in [0.2, 0.25) is 0 Å². The average Bonchev–Trinajstić information content (AvgIpc) is 2.64. The van der Waals surface area contributed by atoms with Gasteiger partial charge in [-0.25, -0.2) is 9.97 Å². The molecule has 3 nitrogen and oxygen atoms in total. The number of rotatable bonds is 2. The van der Waals surface area contributed by atoms with Crippen LogP contribution in [0.4, 0.5) is 0 Å². The van der Waals surface area contributed by atoms with Crippen LogP contribution in [-0.4, -0.2) is 14.5 Å². The second kappa shape index (κ2) is 4.20. The lowest BCUT2D eigenvalue weighted by atomic mass is 9.78. The molecule has 0 amide bonds. The predicted molar refractivity (Wildman–Crippen MR) is 77.0 cm³/mol. The molecule has 5 heteroatoms. The van der Waals surface area contributed by atoms with E-state index in [1.807, 2.05) is 19.2 Å². The molecule has 1 aliphatic rings. The molecule has 0 aliphatic heterocycles. The van der Waals surface area contributed by atoms with Crippen LogP contribution in [-0.2, 0) is 5.54 Å². The molecular weight excluding hydrogens is 314 g/mol. The van der Waals surface area contributed by atoms with E-state index in [4.69, 9.17) is 11.6 Å². The smallest absolute Gasteiger partial charge is 0.160 e. The van der Waals surface area contributed by atoms with Crippen molar-refractivity contribution < 1.29 is 0 Å². The van der Waals surface area contributed by atoms with E-state index >= 15 is 0 Å². The highest BCUT2D eigenvalue weighted by atomic mass is 79.9. The molecule has 18 heavy (non-hydrogen) atoms. The van der Waals surface area contributed by atoms with Crippen molar-refractivity contribution >= 4 is 38.7 Å². The van der Waals surface area contributed by atoms with Gasteiger partial charge in [-0.3, -0.25) is 0 Å². The van der Waals surface area contributed by atoms with E-state index in [-0.39, 0.29) is 10.9 Å². The van der Waals surface area contributed by atoms with Crippen molar-refractivity contribution in [2.75, 3.05) is 0 Å². The fraction of sp³-hybridized carbons (Fsp3) is 0.538. The van der Waals surface area contributed by atoms with Crippen molar-refractivity contribution in [3.05, 3.63) is 22.6 Å². The maximum absolute atomic E-state index is 6.28. The van der Waals surface area contributed by atoms with Crippen molar-refractivity contribution in [2.45, 2.75) is 44.0 Å². The van der Waals surface area contributed by atoms with E-state index in [9.17, 15) is 0 Å². The van der Waals surface area contributed by atoms with Crippen molar-refractivity contribution in [3.63, 3.8) is 0 Å². The molecule has 1 fully saturated rings. The van der Waals surface area contributed by atoms with Gasteiger partial charge in [-0.1, -0.05) is 0 Å². The minimum absolute atomic E-state index is 0.101. The summed E-state index contributed by atoms with van der Waals surface area (Å²) in [6.45, 7) is 4.24. The van der Waals surface area contributed by atoms with Crippen LogP contribution in [0.5, 0.6) is 0 Å². The first-order valence-electron chi connectivity index (χ1n) is 6.20. The summed E-state index contributed by atoms with van der Waals surface area (Å²) in [4.78, 5) is 9.19. The molecule has 0 radical (unpaired) electrons. The van der Waals surface area contributed by atoms with Gasteiger partial charge in [0.1, 0.15) is 11.3 Å². The molecule has 2 aromatic heterocycles. The monoisotopic (exact) mass is 327 g/mol. The van der Waals surface area contributed by atoms with Gasteiger partial charge in [0.05, 0.1) is 5.38 Å². The van der Waals surface area contributed by atoms with Crippen molar-refractivity contribution in [3.8, 4) is 0 Å². The van der Waals surface area contributed by atoms with Gasteiger partial charge in [-0.15, -0.1) is 11.6 Å². The number of hydrogen-bond donors (Lipinski definition) is 0. The Hall–Kier alpha value is -0.610. The molecule has 1 unspecified atom stereocenters. The van der Waals surface area contributed by atoms with Crippen LogP contribution in [0.1, 0.15) is 44.3 Å². The van der Waals surface area contributed by atoms with Crippen molar-refractivity contribution in [1.29, 1.82) is 0 Å². The van der Waals surface area contributed by atoms with Crippen LogP contribution < -0.4 is 0 Å². The van der Waals surface area contributed by atoms with Gasteiger partial charge in [0, 0.05) is 16.2 Å². The Balaban J connectivity index is 2.28. The van der Waals surface area contributed by atoms with Crippen LogP contribution in [0.2, 0.25) is 0 Å². The number of fused-ring (bicyclic) bond motifs is 1. The van der Waals surface area contributed by atoms with Gasteiger partial charge in [0.15, 0.2) is 5.65 Å². The molecule has 2 aromatic rings. The Bertz CT molecular complexity index is 602. The zero-order valence-corrected chi connectivity index (χ0v) is 12.8. The maximum Gasteiger partial charge on any atom is 0.160 e. The minimum Gasteiger partial charge on any atom is -0.306 e. The predicted octanol–water partition coefficient (Wildman–Crippen LogP) is 4.39. The second-order valence-corrected chi connectivity index (χ2v) is 6.84. The molecule has 0 bridgehead atoms. The molecule has 0 aromatic carbocycles. The van der Waals surface area contributed by atoms with Crippen molar-refractivity contribution in [2.24, 2.45) is 0 Å². The highest BCUT2D eigenvalue weighted by Crippen LogP contribution is 2.43. The summed E-state index contributed by atoms with van der Waals surface area (Å²) < 4.78 is 3.20. The molecule has 96 valence electrons. The van der Waals surface area contributed by atoms with Crippen LogP contribution in [0.15, 0.2) is 16.7 Å². The Morgan fingerprint density at radius 3 is 2.78 bits per heavy atom. The number of aromatic nitrogens is 3. The molecule has 0 saturated heterocycles. The number of hydrogen-bond acceptors (Lipinski definition) is 2. The Kier molecular flexibility index (Phi) is 2.90. The molecule has 1 saturated carbocycles. The fourth-order valence-corrected chi connectivity index (χ4v) is 3.13. The van der Waals surface area contributed by atoms with Gasteiger partial charge < -0.3 is 4.57 Å². The van der Waals surface area contributed by atoms with Crippen LogP contribution in [0, 0.1) is 0 Å². The Morgan fingerprint density at radius 1 is 1.50 bits per heavy atom. The molecule has 2 heterocycles. The largest absolute Gasteiger partial charge is 0.306 e. The van der Waals surface area contributed by atoms with Gasteiger partial charge >= 0.3 is 0 Å². The van der Waals surface area contributed by atoms with Crippen LogP contribution in [0.3, 0.4) is 0 Å². The van der Waals surface area contributed by atoms with Crippen molar-refractivity contribution in [1.82, 2.24) is 14.5 Å². The summed E-state index contributed by atoms with van der Waals surface area (Å²) >= 11 is 9.72. The SMILES string of the molecule is CC(Cl)c1nc2cc(Br)cnc2n1C1(C)CCC1. The molecule has 1 aliphatic carbocycles.